The van der Waals surface area contributed by atoms with Gasteiger partial charge in [-0.3, -0.25) is 4.79 Å². The number of amides is 1. The summed E-state index contributed by atoms with van der Waals surface area (Å²) >= 11 is 0. The zero-order valence-electron chi connectivity index (χ0n) is 16.3. The van der Waals surface area contributed by atoms with Gasteiger partial charge in [-0.15, -0.1) is 0 Å². The quantitative estimate of drug-likeness (QED) is 0.360. The number of hydrogen-bond acceptors (Lipinski definition) is 3. The van der Waals surface area contributed by atoms with Gasteiger partial charge in [-0.05, 0) is 49.8 Å². The van der Waals surface area contributed by atoms with Crippen LogP contribution in [-0.2, 0) is 11.2 Å². The van der Waals surface area contributed by atoms with E-state index in [-0.39, 0.29) is 19.1 Å². The predicted molar refractivity (Wildman–Crippen MR) is 109 cm³/mol. The minimum absolute atomic E-state index is 0.0597. The SMILES string of the molecule is CCCC(CCO)CNC(=NCC(=O)Nc1cccc(CC)c1)NCC. The highest BCUT2D eigenvalue weighted by Crippen LogP contribution is 2.11. The first-order valence-corrected chi connectivity index (χ1v) is 9.64. The summed E-state index contributed by atoms with van der Waals surface area (Å²) in [5.74, 6) is 0.888. The molecule has 0 saturated carbocycles. The van der Waals surface area contributed by atoms with Gasteiger partial charge in [-0.2, -0.15) is 0 Å². The molecule has 0 aliphatic carbocycles. The van der Waals surface area contributed by atoms with E-state index in [1.807, 2.05) is 31.2 Å². The van der Waals surface area contributed by atoms with Gasteiger partial charge in [-0.25, -0.2) is 4.99 Å². The fourth-order valence-electron chi connectivity index (χ4n) is 2.74. The number of nitrogens with one attached hydrogen (secondary N) is 3. The summed E-state index contributed by atoms with van der Waals surface area (Å²) in [4.78, 5) is 16.5. The summed E-state index contributed by atoms with van der Waals surface area (Å²) in [5, 5.41) is 18.5. The normalized spacial score (nSPS) is 12.5. The molecular weight excluding hydrogens is 328 g/mol. The number of benzene rings is 1. The summed E-state index contributed by atoms with van der Waals surface area (Å²) in [6, 6.07) is 7.85. The van der Waals surface area contributed by atoms with Gasteiger partial charge < -0.3 is 21.1 Å². The molecule has 4 N–H and O–H groups in total. The largest absolute Gasteiger partial charge is 0.396 e. The van der Waals surface area contributed by atoms with Crippen LogP contribution in [0, 0.1) is 5.92 Å². The van der Waals surface area contributed by atoms with Gasteiger partial charge in [-0.1, -0.05) is 32.4 Å². The molecule has 0 radical (unpaired) electrons. The lowest BCUT2D eigenvalue weighted by molar-refractivity contribution is -0.114. The number of aliphatic hydroxyl groups excluding tert-OH is 1. The first-order chi connectivity index (χ1) is 12.6. The molecule has 1 rings (SSSR count). The third-order valence-electron chi connectivity index (χ3n) is 4.14. The molecule has 0 aromatic heterocycles. The average molecular weight is 363 g/mol. The van der Waals surface area contributed by atoms with Gasteiger partial charge in [0.1, 0.15) is 6.54 Å². The number of aliphatic imine (C=N–C) groups is 1. The van der Waals surface area contributed by atoms with Crippen molar-refractivity contribution >= 4 is 17.6 Å². The summed E-state index contributed by atoms with van der Waals surface area (Å²) < 4.78 is 0. The van der Waals surface area contributed by atoms with Crippen molar-refractivity contribution in [2.75, 3.05) is 31.6 Å². The molecule has 146 valence electrons. The minimum Gasteiger partial charge on any atom is -0.396 e. The lowest BCUT2D eigenvalue weighted by atomic mass is 10.0. The summed E-state index contributed by atoms with van der Waals surface area (Å²) in [6.45, 7) is 7.93. The Balaban J connectivity index is 2.56. The maximum absolute atomic E-state index is 12.2. The number of aryl methyl sites for hydroxylation is 1. The third kappa shape index (κ3) is 8.85. The Kier molecular flexibility index (Phi) is 11.1. The highest BCUT2D eigenvalue weighted by atomic mass is 16.3. The van der Waals surface area contributed by atoms with Gasteiger partial charge in [0.05, 0.1) is 0 Å². The standard InChI is InChI=1S/C20H34N4O2/c1-4-8-17(11-12-25)14-22-20(21-6-3)23-15-19(26)24-18-10-7-9-16(5-2)13-18/h7,9-10,13,17,25H,4-6,8,11-12,14-15H2,1-3H3,(H,24,26)(H2,21,22,23). The highest BCUT2D eigenvalue weighted by molar-refractivity contribution is 5.94. The molecule has 0 heterocycles. The number of hydrogen-bond donors (Lipinski definition) is 4. The zero-order valence-corrected chi connectivity index (χ0v) is 16.3. The predicted octanol–water partition coefficient (Wildman–Crippen LogP) is 2.54. The van der Waals surface area contributed by atoms with E-state index in [4.69, 9.17) is 5.11 Å². The second-order valence-electron chi connectivity index (χ2n) is 6.35. The van der Waals surface area contributed by atoms with E-state index in [2.05, 4.69) is 34.8 Å². The molecular formula is C20H34N4O2. The Morgan fingerprint density at radius 3 is 2.65 bits per heavy atom. The van der Waals surface area contributed by atoms with Crippen LogP contribution in [0.1, 0.15) is 45.6 Å². The molecule has 1 unspecified atom stereocenters. The van der Waals surface area contributed by atoms with Crippen molar-refractivity contribution < 1.29 is 9.90 Å². The molecule has 6 heteroatoms. The summed E-state index contributed by atoms with van der Waals surface area (Å²) in [5.41, 5.74) is 1.99. The molecule has 6 nitrogen and oxygen atoms in total. The number of carbonyl (C=O) groups excluding carboxylic acids is 1. The number of nitrogens with zero attached hydrogens (tertiary/aromatic N) is 1. The molecule has 0 spiro atoms. The molecule has 26 heavy (non-hydrogen) atoms. The van der Waals surface area contributed by atoms with Crippen LogP contribution >= 0.6 is 0 Å². The van der Waals surface area contributed by atoms with E-state index in [1.54, 1.807) is 0 Å². The molecule has 1 aromatic carbocycles. The maximum Gasteiger partial charge on any atom is 0.246 e. The van der Waals surface area contributed by atoms with Crippen LogP contribution < -0.4 is 16.0 Å². The highest BCUT2D eigenvalue weighted by Gasteiger charge is 2.09. The van der Waals surface area contributed by atoms with Crippen molar-refractivity contribution in [1.82, 2.24) is 10.6 Å². The number of rotatable bonds is 11. The third-order valence-corrected chi connectivity index (χ3v) is 4.14. The summed E-state index contributed by atoms with van der Waals surface area (Å²) in [7, 11) is 0. The van der Waals surface area contributed by atoms with Crippen molar-refractivity contribution in [1.29, 1.82) is 0 Å². The Morgan fingerprint density at radius 2 is 2.00 bits per heavy atom. The van der Waals surface area contributed by atoms with Gasteiger partial charge in [0.25, 0.3) is 0 Å². The van der Waals surface area contributed by atoms with Crippen molar-refractivity contribution in [3.8, 4) is 0 Å². The van der Waals surface area contributed by atoms with Crippen LogP contribution in [0.4, 0.5) is 5.69 Å². The van der Waals surface area contributed by atoms with Crippen molar-refractivity contribution in [3.63, 3.8) is 0 Å². The van der Waals surface area contributed by atoms with Gasteiger partial charge >= 0.3 is 0 Å². The smallest absolute Gasteiger partial charge is 0.246 e. The van der Waals surface area contributed by atoms with E-state index in [0.717, 1.165) is 44.5 Å². The summed E-state index contributed by atoms with van der Waals surface area (Å²) in [6.07, 6.45) is 3.85. The molecule has 1 aromatic rings. The molecule has 1 atom stereocenters. The molecule has 0 aliphatic heterocycles. The number of aliphatic hydroxyl groups is 1. The second kappa shape index (κ2) is 13.2. The van der Waals surface area contributed by atoms with E-state index >= 15 is 0 Å². The van der Waals surface area contributed by atoms with Crippen LogP contribution in [0.15, 0.2) is 29.3 Å². The molecule has 0 fully saturated rings. The Labute approximate surface area is 157 Å². The molecule has 0 saturated heterocycles. The molecule has 1 amide bonds. The average Bonchev–Trinajstić information content (AvgIpc) is 2.64. The van der Waals surface area contributed by atoms with Crippen LogP contribution in [0.3, 0.4) is 0 Å². The Hall–Kier alpha value is -2.08. The van der Waals surface area contributed by atoms with E-state index in [1.165, 1.54) is 5.56 Å². The van der Waals surface area contributed by atoms with E-state index in [9.17, 15) is 4.79 Å². The van der Waals surface area contributed by atoms with E-state index in [0.29, 0.717) is 11.9 Å². The Bertz CT molecular complexity index is 554. The number of guanidine groups is 1. The van der Waals surface area contributed by atoms with Crippen molar-refractivity contribution in [2.24, 2.45) is 10.9 Å². The second-order valence-corrected chi connectivity index (χ2v) is 6.35. The van der Waals surface area contributed by atoms with Crippen molar-refractivity contribution in [3.05, 3.63) is 29.8 Å². The number of carbonyl (C=O) groups is 1. The fraction of sp³-hybridized carbons (Fsp3) is 0.600. The number of anilines is 1. The van der Waals surface area contributed by atoms with Gasteiger partial charge in [0.2, 0.25) is 5.91 Å². The monoisotopic (exact) mass is 362 g/mol. The van der Waals surface area contributed by atoms with Gasteiger partial charge in [0, 0.05) is 25.4 Å². The molecule has 0 bridgehead atoms. The van der Waals surface area contributed by atoms with Crippen LogP contribution in [0.5, 0.6) is 0 Å². The van der Waals surface area contributed by atoms with Crippen LogP contribution in [0.2, 0.25) is 0 Å². The zero-order chi connectivity index (χ0) is 19.2. The first-order valence-electron chi connectivity index (χ1n) is 9.64. The van der Waals surface area contributed by atoms with E-state index < -0.39 is 0 Å². The minimum atomic E-state index is -0.143. The van der Waals surface area contributed by atoms with Crippen molar-refractivity contribution in [2.45, 2.75) is 46.5 Å². The lowest BCUT2D eigenvalue weighted by Gasteiger charge is -2.18. The molecule has 0 aliphatic rings. The van der Waals surface area contributed by atoms with Crippen LogP contribution in [0.25, 0.3) is 0 Å². The topological polar surface area (TPSA) is 85.8 Å². The van der Waals surface area contributed by atoms with Gasteiger partial charge in [0.15, 0.2) is 5.96 Å². The first kappa shape index (κ1) is 22.0. The van der Waals surface area contributed by atoms with Crippen LogP contribution in [-0.4, -0.2) is 43.2 Å². The maximum atomic E-state index is 12.2. The Morgan fingerprint density at radius 1 is 1.19 bits per heavy atom. The lowest BCUT2D eigenvalue weighted by Crippen LogP contribution is -2.40. The fourth-order valence-corrected chi connectivity index (χ4v) is 2.74.